The van der Waals surface area contributed by atoms with Gasteiger partial charge in [-0.2, -0.15) is 0 Å². The van der Waals surface area contributed by atoms with Crippen LogP contribution in [-0.2, 0) is 16.6 Å². The third kappa shape index (κ3) is 5.02. The maximum Gasteiger partial charge on any atom is 0.243 e. The number of thioether (sulfide) groups is 1. The molecule has 0 aliphatic heterocycles. The van der Waals surface area contributed by atoms with E-state index in [1.54, 1.807) is 12.3 Å². The number of ether oxygens (including phenoxy) is 1. The topological polar surface area (TPSA) is 85.2 Å². The van der Waals surface area contributed by atoms with Gasteiger partial charge >= 0.3 is 0 Å². The maximum absolute atomic E-state index is 12.0. The summed E-state index contributed by atoms with van der Waals surface area (Å²) in [5, 5.41) is 6.07. The summed E-state index contributed by atoms with van der Waals surface area (Å²) in [7, 11) is 3.40. The molecule has 0 saturated carbocycles. The van der Waals surface area contributed by atoms with Crippen molar-refractivity contribution >= 4 is 29.3 Å². The van der Waals surface area contributed by atoms with Gasteiger partial charge in [-0.15, -0.1) is 0 Å². The molecule has 8 heteroatoms. The summed E-state index contributed by atoms with van der Waals surface area (Å²) in [5.74, 6) is 0.237. The second-order valence-electron chi connectivity index (χ2n) is 5.14. The summed E-state index contributed by atoms with van der Waals surface area (Å²) in [5.41, 5.74) is 1.58. The molecule has 2 aromatic rings. The Labute approximate surface area is 144 Å². The van der Waals surface area contributed by atoms with E-state index in [-0.39, 0.29) is 24.1 Å². The minimum atomic E-state index is -0.311. The summed E-state index contributed by atoms with van der Waals surface area (Å²) < 4.78 is 7.03. The monoisotopic (exact) mass is 348 g/mol. The fourth-order valence-electron chi connectivity index (χ4n) is 1.96. The Balaban J connectivity index is 1.79. The second-order valence-corrected chi connectivity index (χ2v) is 6.08. The van der Waals surface area contributed by atoms with E-state index in [0.29, 0.717) is 11.4 Å². The molecule has 1 aromatic heterocycles. The molecule has 2 amide bonds. The molecule has 2 rings (SSSR count). The normalized spacial score (nSPS) is 10.3. The molecule has 24 heavy (non-hydrogen) atoms. The standard InChI is InChI=1S/C16H20N4O3S/c1-11-4-5-13(23-3)12(8-11)19-14(21)9-18-15(22)10-24-16-17-6-7-20(16)2/h4-8H,9-10H2,1-3H3,(H,18,22)(H,19,21). The summed E-state index contributed by atoms with van der Waals surface area (Å²) in [6, 6.07) is 5.49. The van der Waals surface area contributed by atoms with Crippen LogP contribution in [0.5, 0.6) is 5.75 Å². The van der Waals surface area contributed by atoms with Crippen LogP contribution in [0.3, 0.4) is 0 Å². The van der Waals surface area contributed by atoms with Gasteiger partial charge in [-0.3, -0.25) is 9.59 Å². The van der Waals surface area contributed by atoms with Gasteiger partial charge in [0.05, 0.1) is 25.1 Å². The van der Waals surface area contributed by atoms with Gasteiger partial charge in [0.15, 0.2) is 5.16 Å². The molecule has 0 atom stereocenters. The van der Waals surface area contributed by atoms with E-state index in [0.717, 1.165) is 10.7 Å². The van der Waals surface area contributed by atoms with Gasteiger partial charge in [0.1, 0.15) is 5.75 Å². The minimum Gasteiger partial charge on any atom is -0.495 e. The van der Waals surface area contributed by atoms with Crippen LogP contribution in [-0.4, -0.2) is 40.8 Å². The molecular weight excluding hydrogens is 328 g/mol. The van der Waals surface area contributed by atoms with E-state index in [9.17, 15) is 9.59 Å². The Morgan fingerprint density at radius 3 is 2.79 bits per heavy atom. The van der Waals surface area contributed by atoms with Crippen LogP contribution in [0.25, 0.3) is 0 Å². The van der Waals surface area contributed by atoms with E-state index in [1.807, 2.05) is 36.9 Å². The number of anilines is 1. The van der Waals surface area contributed by atoms with E-state index in [1.165, 1.54) is 18.9 Å². The van der Waals surface area contributed by atoms with Crippen LogP contribution in [0, 0.1) is 6.92 Å². The minimum absolute atomic E-state index is 0.100. The molecule has 128 valence electrons. The fourth-order valence-corrected chi connectivity index (χ4v) is 2.73. The fraction of sp³-hybridized carbons (Fsp3) is 0.312. The van der Waals surface area contributed by atoms with Gasteiger partial charge in [-0.1, -0.05) is 17.8 Å². The van der Waals surface area contributed by atoms with E-state index < -0.39 is 0 Å². The third-order valence-electron chi connectivity index (χ3n) is 3.18. The maximum atomic E-state index is 12.0. The quantitative estimate of drug-likeness (QED) is 0.742. The van der Waals surface area contributed by atoms with Gasteiger partial charge in [0.25, 0.3) is 0 Å². The molecular formula is C16H20N4O3S. The molecule has 0 aliphatic rings. The van der Waals surface area contributed by atoms with E-state index in [4.69, 9.17) is 4.74 Å². The van der Waals surface area contributed by atoms with Crippen molar-refractivity contribution in [2.45, 2.75) is 12.1 Å². The SMILES string of the molecule is COc1ccc(C)cc1NC(=O)CNC(=O)CSc1nccn1C. The summed E-state index contributed by atoms with van der Waals surface area (Å²) in [6.07, 6.45) is 3.48. The molecule has 0 aliphatic carbocycles. The first kappa shape index (κ1) is 17.9. The number of hydrogen-bond donors (Lipinski definition) is 2. The van der Waals surface area contributed by atoms with Gasteiger partial charge in [-0.25, -0.2) is 4.98 Å². The highest BCUT2D eigenvalue weighted by Crippen LogP contribution is 2.24. The predicted octanol–water partition coefficient (Wildman–Crippen LogP) is 1.58. The number of carbonyl (C=O) groups is 2. The molecule has 0 fully saturated rings. The van der Waals surface area contributed by atoms with Crippen molar-refractivity contribution in [3.8, 4) is 5.75 Å². The summed E-state index contributed by atoms with van der Waals surface area (Å²) in [6.45, 7) is 1.82. The van der Waals surface area contributed by atoms with Crippen molar-refractivity contribution in [1.82, 2.24) is 14.9 Å². The highest BCUT2D eigenvalue weighted by atomic mass is 32.2. The number of amides is 2. The Kier molecular flexibility index (Phi) is 6.25. The number of nitrogens with zero attached hydrogens (tertiary/aromatic N) is 2. The van der Waals surface area contributed by atoms with Gasteiger partial charge in [0.2, 0.25) is 11.8 Å². The highest BCUT2D eigenvalue weighted by molar-refractivity contribution is 7.99. The number of aromatic nitrogens is 2. The molecule has 1 heterocycles. The van der Waals surface area contributed by atoms with Gasteiger partial charge < -0.3 is 19.9 Å². The molecule has 0 bridgehead atoms. The van der Waals surface area contributed by atoms with Crippen LogP contribution in [0.15, 0.2) is 35.7 Å². The largest absolute Gasteiger partial charge is 0.495 e. The molecule has 2 N–H and O–H groups in total. The molecule has 7 nitrogen and oxygen atoms in total. The number of hydrogen-bond acceptors (Lipinski definition) is 5. The zero-order valence-corrected chi connectivity index (χ0v) is 14.6. The van der Waals surface area contributed by atoms with Crippen LogP contribution in [0.1, 0.15) is 5.56 Å². The Morgan fingerprint density at radius 1 is 1.33 bits per heavy atom. The zero-order valence-electron chi connectivity index (χ0n) is 13.8. The zero-order chi connectivity index (χ0) is 17.5. The first-order valence-electron chi connectivity index (χ1n) is 7.31. The van der Waals surface area contributed by atoms with E-state index in [2.05, 4.69) is 15.6 Å². The lowest BCUT2D eigenvalue weighted by molar-refractivity contribution is -0.122. The average Bonchev–Trinajstić information content (AvgIpc) is 2.96. The van der Waals surface area contributed by atoms with Crippen molar-refractivity contribution in [3.05, 3.63) is 36.2 Å². The number of aryl methyl sites for hydroxylation is 2. The average molecular weight is 348 g/mol. The van der Waals surface area contributed by atoms with E-state index >= 15 is 0 Å². The lowest BCUT2D eigenvalue weighted by Crippen LogP contribution is -2.34. The predicted molar refractivity (Wildman–Crippen MR) is 93.3 cm³/mol. The van der Waals surface area contributed by atoms with Gasteiger partial charge in [-0.05, 0) is 24.6 Å². The lowest BCUT2D eigenvalue weighted by Gasteiger charge is -2.11. The van der Waals surface area contributed by atoms with Crippen molar-refractivity contribution < 1.29 is 14.3 Å². The first-order valence-corrected chi connectivity index (χ1v) is 8.29. The number of benzene rings is 1. The number of imidazole rings is 1. The lowest BCUT2D eigenvalue weighted by atomic mass is 10.2. The number of rotatable bonds is 7. The van der Waals surface area contributed by atoms with Crippen LogP contribution >= 0.6 is 11.8 Å². The molecule has 0 saturated heterocycles. The Bertz CT molecular complexity index is 730. The molecule has 0 spiro atoms. The van der Waals surface area contributed by atoms with Crippen LogP contribution in [0.4, 0.5) is 5.69 Å². The molecule has 0 unspecified atom stereocenters. The second kappa shape index (κ2) is 8.39. The highest BCUT2D eigenvalue weighted by Gasteiger charge is 2.10. The summed E-state index contributed by atoms with van der Waals surface area (Å²) >= 11 is 1.31. The van der Waals surface area contributed by atoms with Crippen LogP contribution in [0.2, 0.25) is 0 Å². The van der Waals surface area contributed by atoms with Crippen molar-refractivity contribution in [1.29, 1.82) is 0 Å². The number of carbonyl (C=O) groups excluding carboxylic acids is 2. The molecule has 1 aromatic carbocycles. The number of methoxy groups -OCH3 is 1. The third-order valence-corrected chi connectivity index (χ3v) is 4.24. The Hall–Kier alpha value is -2.48. The Morgan fingerprint density at radius 2 is 2.12 bits per heavy atom. The molecule has 0 radical (unpaired) electrons. The van der Waals surface area contributed by atoms with Crippen LogP contribution < -0.4 is 15.4 Å². The van der Waals surface area contributed by atoms with Gasteiger partial charge in [0, 0.05) is 19.4 Å². The first-order chi connectivity index (χ1) is 11.5. The van der Waals surface area contributed by atoms with Crippen molar-refractivity contribution in [2.75, 3.05) is 24.7 Å². The summed E-state index contributed by atoms with van der Waals surface area (Å²) in [4.78, 5) is 27.9. The number of nitrogens with one attached hydrogen (secondary N) is 2. The van der Waals surface area contributed by atoms with Crippen molar-refractivity contribution in [3.63, 3.8) is 0 Å². The van der Waals surface area contributed by atoms with Crippen molar-refractivity contribution in [2.24, 2.45) is 7.05 Å². The smallest absolute Gasteiger partial charge is 0.243 e.